The minimum atomic E-state index is -6.49. The highest BCUT2D eigenvalue weighted by molar-refractivity contribution is 5.79. The van der Waals surface area contributed by atoms with E-state index in [-0.39, 0.29) is 0 Å². The summed E-state index contributed by atoms with van der Waals surface area (Å²) in [6, 6.07) is 0. The Balaban J connectivity index is 5.56. The van der Waals surface area contributed by atoms with Crippen molar-refractivity contribution in [3.05, 3.63) is 12.2 Å². The van der Waals surface area contributed by atoms with Crippen LogP contribution < -0.4 is 0 Å². The normalized spacial score (nSPS) is 14.6. The smallest absolute Gasteiger partial charge is 0.411 e. The minimum absolute atomic E-state index is 0.794. The number of hydrogen-bond donors (Lipinski definition) is 0. The van der Waals surface area contributed by atoms with Crippen LogP contribution in [-0.4, -0.2) is 30.3 Å². The Hall–Kier alpha value is -1.35. The van der Waals surface area contributed by atoms with E-state index in [4.69, 9.17) is 0 Å². The van der Waals surface area contributed by atoms with Crippen LogP contribution >= 0.6 is 0 Å². The highest BCUT2D eigenvalue weighted by Crippen LogP contribution is 2.49. The molecule has 0 fully saturated rings. The first-order valence-corrected chi connectivity index (χ1v) is 4.23. The van der Waals surface area contributed by atoms with E-state index in [1.165, 1.54) is 0 Å². The molecule has 0 N–H and O–H groups in total. The van der Waals surface area contributed by atoms with Crippen LogP contribution in [0.3, 0.4) is 0 Å². The maximum absolute atomic E-state index is 12.8. The fourth-order valence-corrected chi connectivity index (χ4v) is 0.766. The first-order valence-electron chi connectivity index (χ1n) is 4.23. The lowest BCUT2D eigenvalue weighted by atomic mass is 10.0. The van der Waals surface area contributed by atoms with Crippen molar-refractivity contribution >= 4 is 5.97 Å². The molecule has 18 heavy (non-hydrogen) atoms. The van der Waals surface area contributed by atoms with Crippen LogP contribution in [0.5, 0.6) is 0 Å². The van der Waals surface area contributed by atoms with Crippen molar-refractivity contribution in [2.45, 2.75) is 24.7 Å². The van der Waals surface area contributed by atoms with E-state index >= 15 is 0 Å². The van der Waals surface area contributed by atoms with Gasteiger partial charge in [-0.25, -0.2) is 13.6 Å². The average molecular weight is 286 g/mol. The van der Waals surface area contributed by atoms with Crippen molar-refractivity contribution in [1.82, 2.24) is 0 Å². The molecule has 0 heterocycles. The maximum Gasteiger partial charge on any atom is 0.411 e. The van der Waals surface area contributed by atoms with Gasteiger partial charge >= 0.3 is 23.7 Å². The Morgan fingerprint density at radius 2 is 1.56 bits per heavy atom. The lowest BCUT2D eigenvalue weighted by Crippen LogP contribution is -2.58. The summed E-state index contributed by atoms with van der Waals surface area (Å²) in [5.74, 6) is -25.1. The van der Waals surface area contributed by atoms with Gasteiger partial charge in [0.25, 0.3) is 0 Å². The number of alkyl halides is 6. The first-order chi connectivity index (χ1) is 7.96. The van der Waals surface area contributed by atoms with Crippen LogP contribution in [0, 0.1) is 0 Å². The number of halogens is 8. The molecular weight excluding hydrogens is 280 g/mol. The molecular formula is C8H6F8O2. The number of allylic oxidation sites excluding steroid dienone is 1. The van der Waals surface area contributed by atoms with E-state index in [2.05, 4.69) is 4.74 Å². The second-order valence-electron chi connectivity index (χ2n) is 2.90. The lowest BCUT2D eigenvalue weighted by Gasteiger charge is -2.29. The quantitative estimate of drug-likeness (QED) is 0.573. The van der Waals surface area contributed by atoms with Gasteiger partial charge in [0.15, 0.2) is 0 Å². The molecule has 0 radical (unpaired) electrons. The van der Waals surface area contributed by atoms with Crippen molar-refractivity contribution in [1.29, 1.82) is 0 Å². The third-order valence-electron chi connectivity index (χ3n) is 1.72. The van der Waals surface area contributed by atoms with Crippen LogP contribution in [0.1, 0.15) is 6.92 Å². The number of esters is 1. The number of rotatable bonds is 5. The third kappa shape index (κ3) is 2.41. The van der Waals surface area contributed by atoms with Gasteiger partial charge in [0, 0.05) is 0 Å². The third-order valence-corrected chi connectivity index (χ3v) is 1.72. The molecule has 0 aliphatic rings. The predicted molar refractivity (Wildman–Crippen MR) is 41.8 cm³/mol. The number of hydrogen-bond acceptors (Lipinski definition) is 2. The first kappa shape index (κ1) is 16.6. The fraction of sp³-hybridized carbons (Fsp3) is 0.625. The molecule has 106 valence electrons. The van der Waals surface area contributed by atoms with Crippen LogP contribution in [0.25, 0.3) is 0 Å². The van der Waals surface area contributed by atoms with E-state index in [0.29, 0.717) is 0 Å². The van der Waals surface area contributed by atoms with E-state index in [9.17, 15) is 39.9 Å². The molecule has 0 aromatic heterocycles. The zero-order chi connectivity index (χ0) is 14.8. The lowest BCUT2D eigenvalue weighted by molar-refractivity contribution is -0.296. The van der Waals surface area contributed by atoms with Gasteiger partial charge in [-0.05, 0) is 6.92 Å². The molecule has 0 unspecified atom stereocenters. The Bertz CT molecular complexity index is 349. The molecule has 0 atom stereocenters. The summed E-state index contributed by atoms with van der Waals surface area (Å²) in [6.45, 7) is 0.157. The molecule has 0 aromatic rings. The molecule has 2 nitrogen and oxygen atoms in total. The summed E-state index contributed by atoms with van der Waals surface area (Å²) in [4.78, 5) is 10.4. The molecule has 0 rings (SSSR count). The molecule has 0 aliphatic carbocycles. The van der Waals surface area contributed by atoms with Crippen molar-refractivity contribution in [3.63, 3.8) is 0 Å². The van der Waals surface area contributed by atoms with Crippen molar-refractivity contribution in [2.24, 2.45) is 0 Å². The Morgan fingerprint density at radius 1 is 1.11 bits per heavy atom. The van der Waals surface area contributed by atoms with Crippen molar-refractivity contribution in [2.75, 3.05) is 6.61 Å². The maximum atomic E-state index is 12.8. The van der Waals surface area contributed by atoms with Gasteiger partial charge in [0.1, 0.15) is 6.33 Å². The highest BCUT2D eigenvalue weighted by atomic mass is 19.3. The van der Waals surface area contributed by atoms with E-state index in [1.54, 1.807) is 0 Å². The van der Waals surface area contributed by atoms with Gasteiger partial charge in [-0.15, -0.1) is 0 Å². The Labute approximate surface area is 95.2 Å². The molecule has 0 spiro atoms. The zero-order valence-electron chi connectivity index (χ0n) is 8.62. The summed E-state index contributed by atoms with van der Waals surface area (Å²) in [6.07, 6.45) is -1.60. The van der Waals surface area contributed by atoms with E-state index in [0.717, 1.165) is 6.92 Å². The molecule has 0 saturated heterocycles. The van der Waals surface area contributed by atoms with Crippen LogP contribution in [0.4, 0.5) is 35.1 Å². The van der Waals surface area contributed by atoms with Crippen LogP contribution in [-0.2, 0) is 9.53 Å². The number of carbonyl (C=O) groups excluding carboxylic acids is 1. The summed E-state index contributed by atoms with van der Waals surface area (Å²) >= 11 is 0. The predicted octanol–water partition coefficient (Wildman–Crippen LogP) is 3.24. The summed E-state index contributed by atoms with van der Waals surface area (Å²) in [7, 11) is 0. The fourth-order valence-electron chi connectivity index (χ4n) is 0.766. The topological polar surface area (TPSA) is 26.3 Å². The summed E-state index contributed by atoms with van der Waals surface area (Å²) in [5.41, 5.74) is 0. The SMILES string of the molecule is CCOC(=O)C(F)(F)C(F)(F)C(F)(F)/C(F)=C/F. The molecule has 0 aliphatic heterocycles. The van der Waals surface area contributed by atoms with Gasteiger partial charge in [-0.1, -0.05) is 0 Å². The largest absolute Gasteiger partial charge is 0.461 e. The standard InChI is InChI=1S/C8H6F8O2/c1-2-18-5(17)7(13,14)8(15,16)6(11,12)4(10)3-9/h3H,2H2,1H3/b4-3-. The van der Waals surface area contributed by atoms with Crippen LogP contribution in [0.2, 0.25) is 0 Å². The summed E-state index contributed by atoms with van der Waals surface area (Å²) < 4.78 is 103. The van der Waals surface area contributed by atoms with E-state index < -0.39 is 42.5 Å². The number of carbonyl (C=O) groups is 1. The highest BCUT2D eigenvalue weighted by Gasteiger charge is 2.77. The minimum Gasteiger partial charge on any atom is -0.461 e. The average Bonchev–Trinajstić information content (AvgIpc) is 2.27. The second-order valence-corrected chi connectivity index (χ2v) is 2.90. The van der Waals surface area contributed by atoms with Crippen molar-refractivity contribution < 1.29 is 44.7 Å². The Kier molecular flexibility index (Phi) is 4.72. The summed E-state index contributed by atoms with van der Waals surface area (Å²) in [5, 5.41) is 0. The Morgan fingerprint density at radius 3 is 1.89 bits per heavy atom. The van der Waals surface area contributed by atoms with Gasteiger partial charge < -0.3 is 4.74 Å². The number of ether oxygens (including phenoxy) is 1. The van der Waals surface area contributed by atoms with Gasteiger partial charge in [0.05, 0.1) is 6.61 Å². The molecule has 0 saturated carbocycles. The molecule has 0 amide bonds. The van der Waals surface area contributed by atoms with Gasteiger partial charge in [-0.2, -0.15) is 26.3 Å². The van der Waals surface area contributed by atoms with Gasteiger partial charge in [-0.3, -0.25) is 0 Å². The van der Waals surface area contributed by atoms with Crippen LogP contribution in [0.15, 0.2) is 12.2 Å². The monoisotopic (exact) mass is 286 g/mol. The molecule has 10 heteroatoms. The zero-order valence-corrected chi connectivity index (χ0v) is 8.62. The van der Waals surface area contributed by atoms with Crippen molar-refractivity contribution in [3.8, 4) is 0 Å². The molecule has 0 aromatic carbocycles. The van der Waals surface area contributed by atoms with Gasteiger partial charge in [0.2, 0.25) is 5.83 Å². The molecule has 0 bridgehead atoms. The van der Waals surface area contributed by atoms with E-state index in [1.807, 2.05) is 0 Å². The second kappa shape index (κ2) is 5.11.